The molecule has 0 aliphatic rings. The van der Waals surface area contributed by atoms with Crippen molar-refractivity contribution in [2.24, 2.45) is 5.73 Å². The number of rotatable bonds is 7. The van der Waals surface area contributed by atoms with Crippen molar-refractivity contribution in [2.45, 2.75) is 32.2 Å². The average molecular weight is 305 g/mol. The Balaban J connectivity index is 0.00000361. The molecule has 20 heavy (non-hydrogen) atoms. The fourth-order valence-corrected chi connectivity index (χ4v) is 1.92. The highest BCUT2D eigenvalue weighted by molar-refractivity contribution is 5.85. The quantitative estimate of drug-likeness (QED) is 0.617. The first-order chi connectivity index (χ1) is 9.04. The van der Waals surface area contributed by atoms with Crippen LogP contribution in [0.1, 0.15) is 37.8 Å². The molecule has 0 heterocycles. The van der Waals surface area contributed by atoms with Crippen molar-refractivity contribution in [2.75, 3.05) is 14.2 Å². The van der Waals surface area contributed by atoms with Crippen LogP contribution in [0.15, 0.2) is 12.1 Å². The van der Waals surface area contributed by atoms with Crippen LogP contribution < -0.4 is 15.2 Å². The third-order valence-electron chi connectivity index (χ3n) is 3.00. The van der Waals surface area contributed by atoms with E-state index in [2.05, 4.69) is 6.92 Å². The summed E-state index contributed by atoms with van der Waals surface area (Å²) in [4.78, 5) is 10.7. The second-order valence-electron chi connectivity index (χ2n) is 4.27. The maximum absolute atomic E-state index is 11.1. The van der Waals surface area contributed by atoms with Gasteiger partial charge in [-0.05, 0) is 12.5 Å². The van der Waals surface area contributed by atoms with Gasteiger partial charge in [-0.15, -0.1) is 12.4 Å². The Kier molecular flexibility index (Phi) is 7.94. The summed E-state index contributed by atoms with van der Waals surface area (Å²) in [6.07, 6.45) is 2.62. The number of unbranched alkanes of at least 4 members (excludes halogenated alkanes) is 1. The lowest BCUT2D eigenvalue weighted by atomic mass is 9.99. The van der Waals surface area contributed by atoms with E-state index in [0.717, 1.165) is 12.8 Å². The molecule has 0 fully saturated rings. The topological polar surface area (TPSA) is 87.6 Å². The van der Waals surface area contributed by atoms with Gasteiger partial charge in [0.15, 0.2) is 11.5 Å². The van der Waals surface area contributed by atoms with Crippen molar-refractivity contribution >= 4 is 18.1 Å². The van der Waals surface area contributed by atoms with Crippen molar-refractivity contribution in [3.05, 3.63) is 27.8 Å². The molecule has 0 bridgehead atoms. The van der Waals surface area contributed by atoms with E-state index < -0.39 is 4.92 Å². The van der Waals surface area contributed by atoms with Crippen LogP contribution in [0.25, 0.3) is 0 Å². The Morgan fingerprint density at radius 1 is 1.30 bits per heavy atom. The third-order valence-corrected chi connectivity index (χ3v) is 3.00. The van der Waals surface area contributed by atoms with Crippen molar-refractivity contribution < 1.29 is 14.4 Å². The minimum atomic E-state index is -0.441. The number of nitrogens with two attached hydrogens (primary N) is 1. The van der Waals surface area contributed by atoms with Crippen molar-refractivity contribution in [3.8, 4) is 11.5 Å². The maximum atomic E-state index is 11.1. The first kappa shape index (κ1) is 18.5. The zero-order valence-corrected chi connectivity index (χ0v) is 12.7. The van der Waals surface area contributed by atoms with Crippen LogP contribution in [0.3, 0.4) is 0 Å². The van der Waals surface area contributed by atoms with Crippen LogP contribution in [-0.4, -0.2) is 19.1 Å². The number of hydrogen-bond donors (Lipinski definition) is 1. The monoisotopic (exact) mass is 304 g/mol. The molecule has 114 valence electrons. The molecule has 0 aromatic heterocycles. The van der Waals surface area contributed by atoms with Crippen LogP contribution in [0, 0.1) is 10.1 Å². The average Bonchev–Trinajstić information content (AvgIpc) is 2.42. The van der Waals surface area contributed by atoms with Gasteiger partial charge in [-0.1, -0.05) is 19.8 Å². The summed E-state index contributed by atoms with van der Waals surface area (Å²) >= 11 is 0. The Morgan fingerprint density at radius 3 is 2.30 bits per heavy atom. The molecule has 0 saturated heterocycles. The molecule has 0 aliphatic carbocycles. The number of benzene rings is 1. The fraction of sp³-hybridized carbons (Fsp3) is 0.538. The van der Waals surface area contributed by atoms with Gasteiger partial charge in [0.2, 0.25) is 0 Å². The van der Waals surface area contributed by atoms with Gasteiger partial charge in [-0.2, -0.15) is 0 Å². The first-order valence-corrected chi connectivity index (χ1v) is 6.21. The van der Waals surface area contributed by atoms with E-state index in [1.165, 1.54) is 20.3 Å². The van der Waals surface area contributed by atoms with Crippen LogP contribution in [-0.2, 0) is 0 Å². The SMILES string of the molecule is CCCC[C@H](N)c1cc(OC)c(OC)cc1[N+](=O)[O-].Cl. The third kappa shape index (κ3) is 4.25. The molecule has 1 aromatic carbocycles. The summed E-state index contributed by atoms with van der Waals surface area (Å²) < 4.78 is 10.2. The van der Waals surface area contributed by atoms with Gasteiger partial charge in [-0.3, -0.25) is 10.1 Å². The summed E-state index contributed by atoms with van der Waals surface area (Å²) in [7, 11) is 2.93. The summed E-state index contributed by atoms with van der Waals surface area (Å²) in [6, 6.07) is 2.58. The highest BCUT2D eigenvalue weighted by Gasteiger charge is 2.23. The predicted molar refractivity (Wildman–Crippen MR) is 79.9 cm³/mol. The van der Waals surface area contributed by atoms with E-state index in [1.54, 1.807) is 6.07 Å². The van der Waals surface area contributed by atoms with Crippen molar-refractivity contribution in [1.82, 2.24) is 0 Å². The van der Waals surface area contributed by atoms with E-state index in [9.17, 15) is 10.1 Å². The second kappa shape index (κ2) is 8.60. The normalized spacial score (nSPS) is 11.4. The Hall–Kier alpha value is -1.53. The summed E-state index contributed by atoms with van der Waals surface area (Å²) in [5.41, 5.74) is 6.49. The summed E-state index contributed by atoms with van der Waals surface area (Å²) in [5, 5.41) is 11.1. The Morgan fingerprint density at radius 2 is 1.85 bits per heavy atom. The number of ether oxygens (including phenoxy) is 2. The number of halogens is 1. The molecule has 6 nitrogen and oxygen atoms in total. The van der Waals surface area contributed by atoms with Gasteiger partial charge in [0.25, 0.3) is 5.69 Å². The van der Waals surface area contributed by atoms with Crippen molar-refractivity contribution in [3.63, 3.8) is 0 Å². The van der Waals surface area contributed by atoms with Crippen LogP contribution in [0.4, 0.5) is 5.69 Å². The van der Waals surface area contributed by atoms with Gasteiger partial charge in [0, 0.05) is 6.04 Å². The number of methoxy groups -OCH3 is 2. The molecule has 0 amide bonds. The molecule has 1 atom stereocenters. The largest absolute Gasteiger partial charge is 0.493 e. The maximum Gasteiger partial charge on any atom is 0.278 e. The molecule has 0 radical (unpaired) electrons. The molecular formula is C13H21ClN2O4. The molecule has 1 rings (SSSR count). The molecule has 1 aromatic rings. The van der Waals surface area contributed by atoms with E-state index in [1.807, 2.05) is 0 Å². The Labute approximate surface area is 124 Å². The molecule has 2 N–H and O–H groups in total. The number of nitro groups is 1. The zero-order valence-electron chi connectivity index (χ0n) is 11.9. The standard InChI is InChI=1S/C13H20N2O4.ClH/c1-4-5-6-10(14)9-7-12(18-2)13(19-3)8-11(9)15(16)17;/h7-8,10H,4-6,14H2,1-3H3;1H/t10-;/m0./s1. The lowest BCUT2D eigenvalue weighted by Crippen LogP contribution is -2.13. The van der Waals surface area contributed by atoms with Gasteiger partial charge >= 0.3 is 0 Å². The molecule has 7 heteroatoms. The van der Waals surface area contributed by atoms with Gasteiger partial charge in [-0.25, -0.2) is 0 Å². The van der Waals surface area contributed by atoms with Crippen LogP contribution >= 0.6 is 12.4 Å². The van der Waals surface area contributed by atoms with E-state index in [-0.39, 0.29) is 24.1 Å². The van der Waals surface area contributed by atoms with Gasteiger partial charge < -0.3 is 15.2 Å². The highest BCUT2D eigenvalue weighted by atomic mass is 35.5. The van der Waals surface area contributed by atoms with E-state index >= 15 is 0 Å². The molecule has 0 aliphatic heterocycles. The zero-order chi connectivity index (χ0) is 14.4. The van der Waals surface area contributed by atoms with Gasteiger partial charge in [0.05, 0.1) is 30.8 Å². The van der Waals surface area contributed by atoms with E-state index in [0.29, 0.717) is 23.5 Å². The highest BCUT2D eigenvalue weighted by Crippen LogP contribution is 2.37. The molecule has 0 spiro atoms. The summed E-state index contributed by atoms with van der Waals surface area (Å²) in [6.45, 7) is 2.05. The smallest absolute Gasteiger partial charge is 0.278 e. The predicted octanol–water partition coefficient (Wildman–Crippen LogP) is 3.22. The van der Waals surface area contributed by atoms with Gasteiger partial charge in [0.1, 0.15) is 0 Å². The minimum Gasteiger partial charge on any atom is -0.493 e. The second-order valence-corrected chi connectivity index (χ2v) is 4.27. The number of hydrogen-bond acceptors (Lipinski definition) is 5. The molecular weight excluding hydrogens is 284 g/mol. The Bertz CT molecular complexity index is 454. The molecule has 0 saturated carbocycles. The van der Waals surface area contributed by atoms with Crippen molar-refractivity contribution in [1.29, 1.82) is 0 Å². The minimum absolute atomic E-state index is 0. The fourth-order valence-electron chi connectivity index (χ4n) is 1.92. The number of nitro benzene ring substituents is 1. The lowest BCUT2D eigenvalue weighted by molar-refractivity contribution is -0.385. The first-order valence-electron chi connectivity index (χ1n) is 6.21. The lowest BCUT2D eigenvalue weighted by Gasteiger charge is -2.15. The van der Waals surface area contributed by atoms with Crippen LogP contribution in [0.5, 0.6) is 11.5 Å². The van der Waals surface area contributed by atoms with E-state index in [4.69, 9.17) is 15.2 Å². The van der Waals surface area contributed by atoms with Crippen LogP contribution in [0.2, 0.25) is 0 Å². The number of nitrogens with zero attached hydrogens (tertiary/aromatic N) is 1. The summed E-state index contributed by atoms with van der Waals surface area (Å²) in [5.74, 6) is 0.788. The molecule has 0 unspecified atom stereocenters.